The van der Waals surface area contributed by atoms with Crippen LogP contribution in [-0.4, -0.2) is 26.2 Å². The number of carbonyl (C=O) groups is 1. The number of anilines is 1. The van der Waals surface area contributed by atoms with Gasteiger partial charge in [0.15, 0.2) is 0 Å². The molecule has 2 N–H and O–H groups in total. The van der Waals surface area contributed by atoms with Crippen molar-refractivity contribution >= 4 is 38.9 Å². The van der Waals surface area contributed by atoms with Crippen LogP contribution in [-0.2, 0) is 14.8 Å². The molecule has 0 heterocycles. The van der Waals surface area contributed by atoms with Crippen molar-refractivity contribution in [1.29, 1.82) is 0 Å². The molecule has 0 aromatic heterocycles. The number of carbonyl (C=O) groups excluding carboxylic acids is 1. The molecule has 0 fully saturated rings. The second-order valence-corrected chi connectivity index (χ2v) is 7.38. The zero-order chi connectivity index (χ0) is 20.2. The molecule has 2 aromatic rings. The number of hydrazone groups is 1. The maximum Gasteiger partial charge on any atom is 0.471 e. The van der Waals surface area contributed by atoms with E-state index in [0.717, 1.165) is 0 Å². The quantitative estimate of drug-likeness (QED) is 0.574. The van der Waals surface area contributed by atoms with Crippen molar-refractivity contribution in [3.63, 3.8) is 0 Å². The van der Waals surface area contributed by atoms with Gasteiger partial charge in [0.1, 0.15) is 0 Å². The first-order valence-corrected chi connectivity index (χ1v) is 9.15. The van der Waals surface area contributed by atoms with Gasteiger partial charge < -0.3 is 5.32 Å². The molecular formula is C16H13ClF3N3O3S. The molecule has 0 bridgehead atoms. The topological polar surface area (TPSA) is 87.6 Å². The van der Waals surface area contributed by atoms with E-state index in [1.54, 1.807) is 5.32 Å². The van der Waals surface area contributed by atoms with Crippen molar-refractivity contribution in [2.45, 2.75) is 18.0 Å². The Morgan fingerprint density at radius 3 is 2.33 bits per heavy atom. The predicted molar refractivity (Wildman–Crippen MR) is 95.1 cm³/mol. The summed E-state index contributed by atoms with van der Waals surface area (Å²) in [5.41, 5.74) is 0.384. The molecule has 0 saturated heterocycles. The van der Waals surface area contributed by atoms with Gasteiger partial charge in [-0.2, -0.15) is 31.5 Å². The third kappa shape index (κ3) is 5.69. The molecule has 0 radical (unpaired) electrons. The van der Waals surface area contributed by atoms with Gasteiger partial charge >= 0.3 is 12.1 Å². The Morgan fingerprint density at radius 2 is 1.74 bits per heavy atom. The summed E-state index contributed by atoms with van der Waals surface area (Å²) in [6.07, 6.45) is -5.02. The van der Waals surface area contributed by atoms with Gasteiger partial charge in [0.2, 0.25) is 0 Å². The maximum absolute atomic E-state index is 12.3. The fourth-order valence-corrected chi connectivity index (χ4v) is 2.87. The zero-order valence-electron chi connectivity index (χ0n) is 13.7. The maximum atomic E-state index is 12.3. The van der Waals surface area contributed by atoms with E-state index in [2.05, 4.69) is 5.10 Å². The smallest absolute Gasteiger partial charge is 0.318 e. The molecule has 2 rings (SSSR count). The van der Waals surface area contributed by atoms with Gasteiger partial charge in [0.05, 0.1) is 10.6 Å². The highest BCUT2D eigenvalue weighted by atomic mass is 35.5. The summed E-state index contributed by atoms with van der Waals surface area (Å²) in [6, 6.07) is 10.8. The second-order valence-electron chi connectivity index (χ2n) is 5.28. The lowest BCUT2D eigenvalue weighted by Crippen LogP contribution is -2.29. The predicted octanol–water partition coefficient (Wildman–Crippen LogP) is 3.54. The number of alkyl halides is 3. The number of sulfonamides is 1. The fraction of sp³-hybridized carbons (Fsp3) is 0.125. The molecule has 0 saturated carbocycles. The lowest BCUT2D eigenvalue weighted by molar-refractivity contribution is -0.167. The van der Waals surface area contributed by atoms with Crippen LogP contribution in [0.4, 0.5) is 18.9 Å². The fourth-order valence-electron chi connectivity index (χ4n) is 1.88. The van der Waals surface area contributed by atoms with Crippen molar-refractivity contribution in [2.24, 2.45) is 5.10 Å². The molecular weight excluding hydrogens is 407 g/mol. The Balaban J connectivity index is 2.17. The summed E-state index contributed by atoms with van der Waals surface area (Å²) in [6.45, 7) is 1.45. The third-order valence-corrected chi connectivity index (χ3v) is 4.73. The van der Waals surface area contributed by atoms with Gasteiger partial charge in [-0.1, -0.05) is 23.7 Å². The van der Waals surface area contributed by atoms with Crippen LogP contribution in [0.25, 0.3) is 0 Å². The number of halogens is 4. The first-order valence-electron chi connectivity index (χ1n) is 7.29. The molecule has 0 aliphatic rings. The van der Waals surface area contributed by atoms with Crippen LogP contribution >= 0.6 is 11.6 Å². The van der Waals surface area contributed by atoms with Crippen LogP contribution in [0.2, 0.25) is 5.02 Å². The van der Waals surface area contributed by atoms with Crippen LogP contribution < -0.4 is 10.1 Å². The van der Waals surface area contributed by atoms with Gasteiger partial charge in [-0.3, -0.25) is 4.79 Å². The monoisotopic (exact) mass is 419 g/mol. The highest BCUT2D eigenvalue weighted by molar-refractivity contribution is 7.89. The summed E-state index contributed by atoms with van der Waals surface area (Å²) in [7, 11) is -3.94. The van der Waals surface area contributed by atoms with Gasteiger partial charge in [0, 0.05) is 10.7 Å². The Bertz CT molecular complexity index is 974. The normalized spacial score (nSPS) is 12.6. The molecule has 0 spiro atoms. The number of amides is 1. The molecule has 11 heteroatoms. The highest BCUT2D eigenvalue weighted by Crippen LogP contribution is 2.19. The molecule has 2 aromatic carbocycles. The summed E-state index contributed by atoms with van der Waals surface area (Å²) < 4.78 is 61.3. The van der Waals surface area contributed by atoms with Crippen molar-refractivity contribution in [2.75, 3.05) is 5.32 Å². The Morgan fingerprint density at radius 1 is 1.11 bits per heavy atom. The minimum Gasteiger partial charge on any atom is -0.318 e. The number of nitrogens with zero attached hydrogens (tertiary/aromatic N) is 1. The molecule has 0 unspecified atom stereocenters. The molecule has 27 heavy (non-hydrogen) atoms. The molecule has 0 aliphatic carbocycles. The average molecular weight is 420 g/mol. The Kier molecular flexibility index (Phi) is 6.11. The molecule has 144 valence electrons. The Hall–Kier alpha value is -2.59. The van der Waals surface area contributed by atoms with Gasteiger partial charge in [0.25, 0.3) is 10.0 Å². The van der Waals surface area contributed by atoms with Gasteiger partial charge in [-0.05, 0) is 48.9 Å². The molecule has 6 nitrogen and oxygen atoms in total. The average Bonchev–Trinajstić information content (AvgIpc) is 2.59. The minimum absolute atomic E-state index is 0.0605. The van der Waals surface area contributed by atoms with Gasteiger partial charge in [-0.15, -0.1) is 0 Å². The van der Waals surface area contributed by atoms with Crippen LogP contribution in [0.3, 0.4) is 0 Å². The molecule has 0 aliphatic heterocycles. The first kappa shape index (κ1) is 20.7. The van der Waals surface area contributed by atoms with Gasteiger partial charge in [-0.25, -0.2) is 0 Å². The summed E-state index contributed by atoms with van der Waals surface area (Å²) >= 11 is 5.71. The first-order chi connectivity index (χ1) is 12.5. The van der Waals surface area contributed by atoms with E-state index in [4.69, 9.17) is 11.6 Å². The van der Waals surface area contributed by atoms with Crippen molar-refractivity contribution in [3.05, 3.63) is 59.1 Å². The van der Waals surface area contributed by atoms with E-state index in [1.807, 2.05) is 4.83 Å². The lowest BCUT2D eigenvalue weighted by Gasteiger charge is -2.09. The van der Waals surface area contributed by atoms with Crippen molar-refractivity contribution in [3.8, 4) is 0 Å². The summed E-state index contributed by atoms with van der Waals surface area (Å²) in [5, 5.41) is 5.82. The molecule has 1 amide bonds. The third-order valence-electron chi connectivity index (χ3n) is 3.25. The zero-order valence-corrected chi connectivity index (χ0v) is 15.3. The molecule has 0 atom stereocenters. The minimum atomic E-state index is -5.02. The summed E-state index contributed by atoms with van der Waals surface area (Å²) in [5.74, 6) is -2.11. The number of nitrogens with one attached hydrogen (secondary N) is 2. The SMILES string of the molecule is CC(=NNS(=O)(=O)c1ccc(Cl)cc1)c1cccc(NC(=O)C(F)(F)F)c1. The lowest BCUT2D eigenvalue weighted by atomic mass is 10.1. The van der Waals surface area contributed by atoms with Crippen LogP contribution in [0, 0.1) is 0 Å². The number of hydrogen-bond acceptors (Lipinski definition) is 4. The van der Waals surface area contributed by atoms with E-state index in [9.17, 15) is 26.4 Å². The highest BCUT2D eigenvalue weighted by Gasteiger charge is 2.38. The second kappa shape index (κ2) is 7.97. The largest absolute Gasteiger partial charge is 0.471 e. The van der Waals surface area contributed by atoms with Crippen molar-refractivity contribution < 1.29 is 26.4 Å². The van der Waals surface area contributed by atoms with Crippen molar-refractivity contribution in [1.82, 2.24) is 4.83 Å². The van der Waals surface area contributed by atoms with E-state index in [-0.39, 0.29) is 16.3 Å². The van der Waals surface area contributed by atoms with E-state index in [0.29, 0.717) is 10.6 Å². The van der Waals surface area contributed by atoms with E-state index < -0.39 is 22.1 Å². The van der Waals surface area contributed by atoms with E-state index in [1.165, 1.54) is 55.5 Å². The number of benzene rings is 2. The number of rotatable bonds is 5. The van der Waals surface area contributed by atoms with E-state index >= 15 is 0 Å². The van der Waals surface area contributed by atoms with Crippen LogP contribution in [0.5, 0.6) is 0 Å². The summed E-state index contributed by atoms with van der Waals surface area (Å²) in [4.78, 5) is 13.0. The standard InChI is InChI=1S/C16H13ClF3N3O3S/c1-10(22-23-27(25,26)14-7-5-12(17)6-8-14)11-3-2-4-13(9-11)21-15(24)16(18,19)20/h2-9,23H,1H3,(H,21,24). The number of hydrogen-bond donors (Lipinski definition) is 2. The van der Waals surface area contributed by atoms with Crippen LogP contribution in [0.1, 0.15) is 12.5 Å². The van der Waals surface area contributed by atoms with Crippen LogP contribution in [0.15, 0.2) is 58.5 Å². The Labute approximate surface area is 158 Å².